The third kappa shape index (κ3) is 15.2. The van der Waals surface area contributed by atoms with E-state index in [4.69, 9.17) is 24.3 Å². The molecule has 0 saturated heterocycles. The number of nitrogens with one attached hydrogen (secondary N) is 1. The summed E-state index contributed by atoms with van der Waals surface area (Å²) in [5.74, 6) is 0. The van der Waals surface area contributed by atoms with Gasteiger partial charge >= 0.3 is 35.6 Å². The van der Waals surface area contributed by atoms with Crippen molar-refractivity contribution in [2.75, 3.05) is 0 Å². The maximum Gasteiger partial charge on any atom is 0 e. The molecule has 0 aliphatic heterocycles. The molecular weight excluding hydrogens is 461 g/mol. The minimum atomic E-state index is -0.556. The average Bonchev–Trinajstić information content (AvgIpc) is 2.94. The molecule has 2 aromatic rings. The molecule has 1 saturated carbocycles. The number of fused-ring (bicyclic) bond motifs is 1. The first-order valence-electron chi connectivity index (χ1n) is 10.4. The Kier molecular flexibility index (Phi) is 26.2. The Morgan fingerprint density at radius 2 is 1.23 bits per heavy atom. The van der Waals surface area contributed by atoms with Gasteiger partial charge in [-0.2, -0.15) is 5.56 Å². The maximum atomic E-state index is 7.80. The number of aryl methyl sites for hydroxylation is 2. The fourth-order valence-electron chi connectivity index (χ4n) is 3.68. The first kappa shape index (κ1) is 34.9. The van der Waals surface area contributed by atoms with Crippen LogP contribution in [0.2, 0.25) is 0 Å². The molecule has 1 N–H and O–H groups in total. The molecule has 2 aromatic carbocycles. The molecule has 1 fully saturated rings. The van der Waals surface area contributed by atoms with E-state index in [0.717, 1.165) is 12.8 Å². The van der Waals surface area contributed by atoms with E-state index in [1.807, 2.05) is 0 Å². The van der Waals surface area contributed by atoms with E-state index in [1.54, 1.807) is 0 Å². The molecule has 1 aliphatic rings. The molecular formula is C25H41Cl2NSiTi. The predicted octanol–water partition coefficient (Wildman–Crippen LogP) is 9.78. The van der Waals surface area contributed by atoms with Crippen LogP contribution in [0.15, 0.2) is 30.3 Å². The maximum absolute atomic E-state index is 7.80. The van der Waals surface area contributed by atoms with Crippen molar-refractivity contribution in [2.24, 2.45) is 0 Å². The van der Waals surface area contributed by atoms with Gasteiger partial charge in [0.1, 0.15) is 0 Å². The van der Waals surface area contributed by atoms with Crippen molar-refractivity contribution in [3.05, 3.63) is 62.0 Å². The average molecular weight is 502 g/mol. The third-order valence-corrected chi connectivity index (χ3v) is 5.43. The van der Waals surface area contributed by atoms with Gasteiger partial charge in [0.25, 0.3) is 0 Å². The Labute approximate surface area is 208 Å². The molecule has 5 heteroatoms. The van der Waals surface area contributed by atoms with Crippen molar-refractivity contribution < 1.29 is 17.0 Å². The summed E-state index contributed by atoms with van der Waals surface area (Å²) in [6.07, 6.45) is 14.8. The summed E-state index contributed by atoms with van der Waals surface area (Å²) in [5.41, 5.74) is 10.6. The summed E-state index contributed by atoms with van der Waals surface area (Å²) in [4.78, 5) is 0. The van der Waals surface area contributed by atoms with Crippen molar-refractivity contribution in [3.63, 3.8) is 0 Å². The number of halogens is 2. The summed E-state index contributed by atoms with van der Waals surface area (Å²) in [6.45, 7) is 4.34. The molecule has 0 bridgehead atoms. The van der Waals surface area contributed by atoms with E-state index >= 15 is 0 Å². The predicted molar refractivity (Wildman–Crippen MR) is 138 cm³/mol. The van der Waals surface area contributed by atoms with Crippen LogP contribution in [0.1, 0.15) is 81.8 Å². The molecule has 0 aromatic heterocycles. The zero-order valence-corrected chi connectivity index (χ0v) is 23.6. The van der Waals surface area contributed by atoms with Gasteiger partial charge in [-0.15, -0.1) is 46.6 Å². The molecule has 168 valence electrons. The van der Waals surface area contributed by atoms with Gasteiger partial charge in [-0.3, -0.25) is 0 Å². The summed E-state index contributed by atoms with van der Waals surface area (Å²) >= 11 is -0.556. The van der Waals surface area contributed by atoms with Gasteiger partial charge in [0.15, 0.2) is 0 Å². The van der Waals surface area contributed by atoms with E-state index in [1.165, 1.54) is 79.7 Å². The van der Waals surface area contributed by atoms with Gasteiger partial charge in [-0.1, -0.05) is 90.5 Å². The van der Waals surface area contributed by atoms with Crippen molar-refractivity contribution in [1.29, 1.82) is 0 Å². The summed E-state index contributed by atoms with van der Waals surface area (Å²) in [6, 6.07) is 11.0. The number of benzene rings is 1. The van der Waals surface area contributed by atoms with Gasteiger partial charge < -0.3 is 20.6 Å². The van der Waals surface area contributed by atoms with Gasteiger partial charge in [-0.25, -0.2) is 0 Å². The number of hydrogen-bond donors (Lipinski definition) is 0. The third-order valence-electron chi connectivity index (χ3n) is 5.43. The van der Waals surface area contributed by atoms with Gasteiger partial charge in [0, 0.05) is 11.0 Å². The van der Waals surface area contributed by atoms with Crippen LogP contribution < -0.4 is 0 Å². The first-order valence-corrected chi connectivity index (χ1v) is 14.7. The molecule has 0 amide bonds. The van der Waals surface area contributed by atoms with Crippen molar-refractivity contribution in [2.45, 2.75) is 90.5 Å². The fourth-order valence-corrected chi connectivity index (χ4v) is 3.68. The summed E-state index contributed by atoms with van der Waals surface area (Å²) < 4.78 is 0. The fraction of sp³-hybridized carbons (Fsp3) is 0.560. The summed E-state index contributed by atoms with van der Waals surface area (Å²) in [7, 11) is 9.78. The van der Waals surface area contributed by atoms with Crippen LogP contribution in [-0.2, 0) is 17.0 Å². The van der Waals surface area contributed by atoms with E-state index in [0.29, 0.717) is 0 Å². The van der Waals surface area contributed by atoms with Crippen LogP contribution in [0.5, 0.6) is 0 Å². The molecule has 1 aliphatic carbocycles. The van der Waals surface area contributed by atoms with Crippen LogP contribution in [0.3, 0.4) is 0 Å². The number of rotatable bonds is 0. The second kappa shape index (κ2) is 22.5. The second-order valence-electron chi connectivity index (χ2n) is 7.57. The standard InChI is InChI=1S/C12H24N.C11H11.2CH3.2ClH.Si.Ti/c13-12-10-8-6-4-2-1-3-5-7-9-11-12;1-8-7-10-5-3-4-6-11(10)9(8)2;;;;;;/h12-13H,1-11H2;3-7H,1-2H3;2*1H3;2*1H;;/q4*-1;;;;+6/p-2. The Morgan fingerprint density at radius 1 is 0.833 bits per heavy atom. The van der Waals surface area contributed by atoms with Crippen molar-refractivity contribution >= 4 is 40.3 Å². The Bertz CT molecular complexity index is 606. The van der Waals surface area contributed by atoms with Crippen LogP contribution >= 0.6 is 18.6 Å². The van der Waals surface area contributed by atoms with Crippen molar-refractivity contribution in [1.82, 2.24) is 0 Å². The molecule has 3 rings (SSSR count). The van der Waals surface area contributed by atoms with Gasteiger partial charge in [-0.05, 0) is 0 Å². The zero-order chi connectivity index (χ0) is 19.9. The topological polar surface area (TPSA) is 23.8 Å². The van der Waals surface area contributed by atoms with Crippen LogP contribution in [-0.4, -0.2) is 17.0 Å². The SMILES string of the molecule is Cc1[cH-]c2ccccc2c1C.[CH3-].[CH3-].[Cl][Ti+4][Cl].[NH-]C1CCCCCCCCCCC1.[Si]. The molecule has 30 heavy (non-hydrogen) atoms. The van der Waals surface area contributed by atoms with Crippen molar-refractivity contribution in [3.8, 4) is 0 Å². The van der Waals surface area contributed by atoms with E-state index in [2.05, 4.69) is 44.2 Å². The molecule has 4 radical (unpaired) electrons. The molecule has 1 nitrogen and oxygen atoms in total. The molecule has 0 atom stereocenters. The first-order chi connectivity index (χ1) is 13.1. The van der Waals surface area contributed by atoms with Gasteiger partial charge in [0.2, 0.25) is 0 Å². The normalized spacial score (nSPS) is 15.4. The van der Waals surface area contributed by atoms with E-state index < -0.39 is 17.0 Å². The largest absolute Gasteiger partial charge is 0.675 e. The van der Waals surface area contributed by atoms with E-state index in [-0.39, 0.29) is 31.9 Å². The second-order valence-corrected chi connectivity index (χ2v) is 10.1. The molecule has 0 spiro atoms. The molecule has 0 unspecified atom stereocenters. The zero-order valence-electron chi connectivity index (χ0n) is 19.5. The Hall–Kier alpha value is 0.301. The van der Waals surface area contributed by atoms with Crippen LogP contribution in [0.25, 0.3) is 16.5 Å². The Balaban J connectivity index is -0.000000397. The van der Waals surface area contributed by atoms with Crippen LogP contribution in [0.4, 0.5) is 0 Å². The Morgan fingerprint density at radius 3 is 1.67 bits per heavy atom. The smallest absolute Gasteiger partial charge is 0 e. The molecule has 0 heterocycles. The van der Waals surface area contributed by atoms with Gasteiger partial charge in [0.05, 0.1) is 0 Å². The van der Waals surface area contributed by atoms with E-state index in [9.17, 15) is 0 Å². The monoisotopic (exact) mass is 501 g/mol. The minimum Gasteiger partial charge on any atom is -0.675 e. The minimum absolute atomic E-state index is 0. The quantitative estimate of drug-likeness (QED) is 0.253. The summed E-state index contributed by atoms with van der Waals surface area (Å²) in [5, 5.41) is 2.76. The number of hydrogen-bond acceptors (Lipinski definition) is 0. The van der Waals surface area contributed by atoms with Crippen LogP contribution in [0, 0.1) is 28.7 Å².